The minimum atomic E-state index is -0.288. The Labute approximate surface area is 121 Å². The largest absolute Gasteiger partial charge is 0.496 e. The van der Waals surface area contributed by atoms with Crippen LogP contribution in [-0.4, -0.2) is 29.8 Å². The van der Waals surface area contributed by atoms with Gasteiger partial charge in [-0.1, -0.05) is 18.5 Å². The number of Topliss-reactive ketones (excluding diaryl/α,β-unsaturated/α-hetero) is 2. The Kier molecular flexibility index (Phi) is 8.83. The van der Waals surface area contributed by atoms with Gasteiger partial charge in [-0.2, -0.15) is 9.59 Å². The standard InChI is InChI=1S/C12H14ClNO3.CO2/c1-3-4-8(15)5-10(16)9-7-14-12(13)6-11(9)17-2;2-1-3/h6-7H,3-5H2,1-2H3;. The van der Waals surface area contributed by atoms with Crippen LogP contribution < -0.4 is 4.74 Å². The molecule has 0 radical (unpaired) electrons. The fourth-order valence-corrected chi connectivity index (χ4v) is 1.58. The van der Waals surface area contributed by atoms with Crippen LogP contribution in [-0.2, 0) is 14.4 Å². The van der Waals surface area contributed by atoms with Gasteiger partial charge in [-0.25, -0.2) is 4.98 Å². The second kappa shape index (κ2) is 9.83. The van der Waals surface area contributed by atoms with Crippen LogP contribution >= 0.6 is 11.6 Å². The molecule has 7 heteroatoms. The zero-order valence-electron chi connectivity index (χ0n) is 11.1. The molecule has 0 saturated carbocycles. The molecule has 0 unspecified atom stereocenters. The molecule has 0 saturated heterocycles. The summed E-state index contributed by atoms with van der Waals surface area (Å²) in [6, 6.07) is 1.46. The van der Waals surface area contributed by atoms with Crippen LogP contribution in [0.2, 0.25) is 5.15 Å². The number of carbonyl (C=O) groups excluding carboxylic acids is 4. The van der Waals surface area contributed by atoms with Crippen LogP contribution in [0.4, 0.5) is 0 Å². The van der Waals surface area contributed by atoms with Crippen molar-refractivity contribution in [3.05, 3.63) is 23.0 Å². The maximum Gasteiger partial charge on any atom is 0.373 e. The van der Waals surface area contributed by atoms with Crippen LogP contribution in [0.3, 0.4) is 0 Å². The lowest BCUT2D eigenvalue weighted by Gasteiger charge is -2.06. The summed E-state index contributed by atoms with van der Waals surface area (Å²) in [5.41, 5.74) is 0.293. The minimum absolute atomic E-state index is 0.0745. The number of ketones is 2. The molecular formula is C13H14ClNO5. The van der Waals surface area contributed by atoms with E-state index in [0.29, 0.717) is 17.7 Å². The zero-order valence-corrected chi connectivity index (χ0v) is 11.9. The third kappa shape index (κ3) is 6.22. The number of hydrogen-bond acceptors (Lipinski definition) is 6. The molecule has 0 spiro atoms. The molecule has 108 valence electrons. The highest BCUT2D eigenvalue weighted by Crippen LogP contribution is 2.22. The van der Waals surface area contributed by atoms with Gasteiger partial charge in [-0.05, 0) is 6.42 Å². The zero-order chi connectivity index (χ0) is 15.5. The predicted octanol–water partition coefficient (Wildman–Crippen LogP) is 2.10. The highest BCUT2D eigenvalue weighted by atomic mass is 35.5. The molecule has 0 aliphatic rings. The molecule has 1 aromatic rings. The molecule has 0 N–H and O–H groups in total. The lowest BCUT2D eigenvalue weighted by molar-refractivity contribution is -0.191. The van der Waals surface area contributed by atoms with Gasteiger partial charge in [-0.3, -0.25) is 9.59 Å². The number of aromatic nitrogens is 1. The van der Waals surface area contributed by atoms with Crippen LogP contribution in [0, 0.1) is 0 Å². The third-order valence-corrected chi connectivity index (χ3v) is 2.45. The second-order valence-electron chi connectivity index (χ2n) is 3.68. The molecule has 6 nitrogen and oxygen atoms in total. The van der Waals surface area contributed by atoms with Crippen molar-refractivity contribution in [3.8, 4) is 5.75 Å². The summed E-state index contributed by atoms with van der Waals surface area (Å²) >= 11 is 5.69. The molecule has 0 bridgehead atoms. The first kappa shape index (κ1) is 18.0. The summed E-state index contributed by atoms with van der Waals surface area (Å²) in [4.78, 5) is 43.3. The Balaban J connectivity index is 0.00000110. The summed E-state index contributed by atoms with van der Waals surface area (Å²) in [5.74, 6) is -0.0155. The molecule has 20 heavy (non-hydrogen) atoms. The van der Waals surface area contributed by atoms with E-state index in [-0.39, 0.29) is 29.3 Å². The van der Waals surface area contributed by atoms with Gasteiger partial charge in [0.05, 0.1) is 19.1 Å². The Morgan fingerprint density at radius 1 is 1.40 bits per heavy atom. The lowest BCUT2D eigenvalue weighted by Crippen LogP contribution is -2.09. The van der Waals surface area contributed by atoms with E-state index in [1.807, 2.05) is 6.92 Å². The SMILES string of the molecule is CCCC(=O)CC(=O)c1cnc(Cl)cc1OC.O=C=O. The first-order valence-corrected chi connectivity index (χ1v) is 6.11. The molecule has 1 aromatic heterocycles. The average molecular weight is 300 g/mol. The van der Waals surface area contributed by atoms with E-state index in [1.165, 1.54) is 19.4 Å². The maximum absolute atomic E-state index is 11.8. The molecule has 1 rings (SSSR count). The minimum Gasteiger partial charge on any atom is -0.496 e. The van der Waals surface area contributed by atoms with Gasteiger partial charge in [0, 0.05) is 18.7 Å². The van der Waals surface area contributed by atoms with Gasteiger partial charge in [0.15, 0.2) is 5.78 Å². The first-order chi connectivity index (χ1) is 9.49. The van der Waals surface area contributed by atoms with Crippen LogP contribution in [0.25, 0.3) is 0 Å². The van der Waals surface area contributed by atoms with E-state index in [4.69, 9.17) is 25.9 Å². The van der Waals surface area contributed by atoms with Crippen molar-refractivity contribution in [2.24, 2.45) is 0 Å². The fraction of sp³-hybridized carbons (Fsp3) is 0.385. The van der Waals surface area contributed by atoms with Gasteiger partial charge in [0.2, 0.25) is 0 Å². The maximum atomic E-state index is 11.8. The van der Waals surface area contributed by atoms with Crippen LogP contribution in [0.5, 0.6) is 5.75 Å². The average Bonchev–Trinajstić information content (AvgIpc) is 2.39. The van der Waals surface area contributed by atoms with Crippen molar-refractivity contribution >= 4 is 29.3 Å². The molecule has 0 aromatic carbocycles. The number of pyridine rings is 1. The number of halogens is 1. The van der Waals surface area contributed by atoms with Crippen molar-refractivity contribution in [2.75, 3.05) is 7.11 Å². The number of hydrogen-bond donors (Lipinski definition) is 0. The van der Waals surface area contributed by atoms with Crippen molar-refractivity contribution in [1.29, 1.82) is 0 Å². The number of nitrogens with zero attached hydrogens (tertiary/aromatic N) is 1. The van der Waals surface area contributed by atoms with E-state index in [2.05, 4.69) is 4.98 Å². The molecule has 0 amide bonds. The van der Waals surface area contributed by atoms with Crippen molar-refractivity contribution < 1.29 is 23.9 Å². The van der Waals surface area contributed by atoms with Gasteiger partial charge in [-0.15, -0.1) is 0 Å². The fourth-order valence-electron chi connectivity index (χ4n) is 1.43. The second-order valence-corrected chi connectivity index (χ2v) is 4.07. The predicted molar refractivity (Wildman–Crippen MR) is 69.7 cm³/mol. The Morgan fingerprint density at radius 3 is 2.50 bits per heavy atom. The normalized spacial score (nSPS) is 8.95. The first-order valence-electron chi connectivity index (χ1n) is 5.73. The van der Waals surface area contributed by atoms with Gasteiger partial charge < -0.3 is 4.74 Å². The van der Waals surface area contributed by atoms with Crippen molar-refractivity contribution in [2.45, 2.75) is 26.2 Å². The summed E-state index contributed by atoms with van der Waals surface area (Å²) in [5, 5.41) is 0.248. The lowest BCUT2D eigenvalue weighted by atomic mass is 10.0. The molecule has 0 aliphatic carbocycles. The summed E-state index contributed by atoms with van der Waals surface area (Å²) < 4.78 is 5.03. The number of methoxy groups -OCH3 is 1. The van der Waals surface area contributed by atoms with Gasteiger partial charge >= 0.3 is 6.15 Å². The summed E-state index contributed by atoms with van der Waals surface area (Å²) in [6.07, 6.45) is 2.62. The number of rotatable bonds is 6. The third-order valence-electron chi connectivity index (χ3n) is 2.24. The molecule has 0 fully saturated rings. The molecule has 0 aliphatic heterocycles. The molecule has 1 heterocycles. The van der Waals surface area contributed by atoms with E-state index in [0.717, 1.165) is 6.42 Å². The highest BCUT2D eigenvalue weighted by Gasteiger charge is 2.16. The smallest absolute Gasteiger partial charge is 0.373 e. The summed E-state index contributed by atoms with van der Waals surface area (Å²) in [7, 11) is 1.44. The van der Waals surface area contributed by atoms with Gasteiger partial charge in [0.1, 0.15) is 16.7 Å². The Bertz CT molecular complexity index is 509. The highest BCUT2D eigenvalue weighted by molar-refractivity contribution is 6.29. The Morgan fingerprint density at radius 2 is 2.00 bits per heavy atom. The van der Waals surface area contributed by atoms with E-state index < -0.39 is 0 Å². The van der Waals surface area contributed by atoms with Crippen molar-refractivity contribution in [1.82, 2.24) is 4.98 Å². The number of ether oxygens (including phenoxy) is 1. The van der Waals surface area contributed by atoms with E-state index in [9.17, 15) is 9.59 Å². The van der Waals surface area contributed by atoms with Crippen LogP contribution in [0.15, 0.2) is 12.3 Å². The molecular weight excluding hydrogens is 286 g/mol. The van der Waals surface area contributed by atoms with Gasteiger partial charge in [0.25, 0.3) is 0 Å². The molecule has 0 atom stereocenters. The quantitative estimate of drug-likeness (QED) is 0.454. The number of carbonyl (C=O) groups is 2. The van der Waals surface area contributed by atoms with E-state index >= 15 is 0 Å². The topological polar surface area (TPSA) is 90.4 Å². The van der Waals surface area contributed by atoms with E-state index in [1.54, 1.807) is 0 Å². The summed E-state index contributed by atoms with van der Waals surface area (Å²) in [6.45, 7) is 1.90. The monoisotopic (exact) mass is 299 g/mol. The van der Waals surface area contributed by atoms with Crippen LogP contribution in [0.1, 0.15) is 36.5 Å². The van der Waals surface area contributed by atoms with Crippen molar-refractivity contribution in [3.63, 3.8) is 0 Å². The Hall–Kier alpha value is -2.04.